The predicted molar refractivity (Wildman–Crippen MR) is 104 cm³/mol. The Morgan fingerprint density at radius 2 is 1.69 bits per heavy atom. The third kappa shape index (κ3) is 3.84. The molecule has 2 heterocycles. The summed E-state index contributed by atoms with van der Waals surface area (Å²) in [5, 5.41) is -0.433. The van der Waals surface area contributed by atoms with E-state index in [1.165, 1.54) is 30.3 Å². The van der Waals surface area contributed by atoms with Crippen LogP contribution in [0, 0.1) is 0 Å². The number of furan rings is 1. The van der Waals surface area contributed by atoms with E-state index in [1.54, 1.807) is 30.3 Å². The van der Waals surface area contributed by atoms with Gasteiger partial charge >= 0.3 is 6.18 Å². The summed E-state index contributed by atoms with van der Waals surface area (Å²) in [7, 11) is 0. The molecule has 4 nitrogen and oxygen atoms in total. The fourth-order valence-corrected chi connectivity index (χ4v) is 3.65. The first-order valence-electron chi connectivity index (χ1n) is 8.43. The molecule has 1 aromatic heterocycles. The Kier molecular flexibility index (Phi) is 4.79. The fraction of sp³-hybridized carbons (Fsp3) is 0.0476. The van der Waals surface area contributed by atoms with Crippen LogP contribution in [0.25, 0.3) is 17.4 Å². The number of alkyl halides is 3. The SMILES string of the molecule is O=C1S/C(=C\c2ccc(-c3cccc(C(F)(F)F)c3)o2)C(=O)N1c1ccccc1. The highest BCUT2D eigenvalue weighted by Gasteiger charge is 2.36. The van der Waals surface area contributed by atoms with Gasteiger partial charge in [0.2, 0.25) is 0 Å². The van der Waals surface area contributed by atoms with E-state index in [-0.39, 0.29) is 22.0 Å². The zero-order chi connectivity index (χ0) is 20.6. The van der Waals surface area contributed by atoms with Gasteiger partial charge < -0.3 is 4.42 Å². The smallest absolute Gasteiger partial charge is 0.416 e. The molecular weight excluding hydrogens is 403 g/mol. The van der Waals surface area contributed by atoms with Gasteiger partial charge in [-0.3, -0.25) is 9.59 Å². The standard InChI is InChI=1S/C21H12F3NO3S/c22-21(23,24)14-6-4-5-13(11-14)17-10-9-16(28-17)12-18-19(26)25(20(27)29-18)15-7-2-1-3-8-15/h1-12H/b18-12-. The zero-order valence-electron chi connectivity index (χ0n) is 14.6. The molecule has 0 saturated carbocycles. The lowest BCUT2D eigenvalue weighted by atomic mass is 10.1. The van der Waals surface area contributed by atoms with Crippen molar-refractivity contribution in [3.63, 3.8) is 0 Å². The van der Waals surface area contributed by atoms with Crippen LogP contribution in [0.5, 0.6) is 0 Å². The highest BCUT2D eigenvalue weighted by molar-refractivity contribution is 8.19. The number of halogens is 3. The lowest BCUT2D eigenvalue weighted by molar-refractivity contribution is -0.137. The van der Waals surface area contributed by atoms with Gasteiger partial charge in [0, 0.05) is 11.6 Å². The molecule has 0 radical (unpaired) electrons. The largest absolute Gasteiger partial charge is 0.457 e. The molecule has 2 aromatic carbocycles. The van der Waals surface area contributed by atoms with Crippen LogP contribution in [-0.4, -0.2) is 11.1 Å². The molecule has 29 heavy (non-hydrogen) atoms. The van der Waals surface area contributed by atoms with Crippen molar-refractivity contribution < 1.29 is 27.2 Å². The van der Waals surface area contributed by atoms with Crippen molar-refractivity contribution in [1.82, 2.24) is 0 Å². The molecule has 146 valence electrons. The molecule has 0 aliphatic carbocycles. The highest BCUT2D eigenvalue weighted by atomic mass is 32.2. The van der Waals surface area contributed by atoms with Crippen LogP contribution in [0.4, 0.5) is 23.7 Å². The van der Waals surface area contributed by atoms with Crippen LogP contribution in [-0.2, 0) is 11.0 Å². The second kappa shape index (κ2) is 7.29. The Morgan fingerprint density at radius 3 is 2.41 bits per heavy atom. The van der Waals surface area contributed by atoms with Crippen LogP contribution >= 0.6 is 11.8 Å². The Balaban J connectivity index is 1.60. The number of imide groups is 1. The summed E-state index contributed by atoms with van der Waals surface area (Å²) < 4.78 is 44.3. The van der Waals surface area contributed by atoms with E-state index in [2.05, 4.69) is 0 Å². The molecule has 1 aliphatic rings. The van der Waals surface area contributed by atoms with Gasteiger partial charge in [-0.15, -0.1) is 0 Å². The van der Waals surface area contributed by atoms with Gasteiger partial charge in [0.05, 0.1) is 16.2 Å². The first-order chi connectivity index (χ1) is 13.8. The number of nitrogens with zero attached hydrogens (tertiary/aromatic N) is 1. The number of anilines is 1. The molecule has 0 unspecified atom stereocenters. The number of rotatable bonds is 3. The van der Waals surface area contributed by atoms with Crippen molar-refractivity contribution in [1.29, 1.82) is 0 Å². The van der Waals surface area contributed by atoms with Crippen molar-refractivity contribution in [2.75, 3.05) is 4.90 Å². The maximum absolute atomic E-state index is 12.9. The van der Waals surface area contributed by atoms with E-state index in [1.807, 2.05) is 0 Å². The molecule has 0 N–H and O–H groups in total. The van der Waals surface area contributed by atoms with Crippen molar-refractivity contribution in [3.05, 3.63) is 83.0 Å². The van der Waals surface area contributed by atoms with Gasteiger partial charge in [0.1, 0.15) is 11.5 Å². The maximum Gasteiger partial charge on any atom is 0.416 e. The van der Waals surface area contributed by atoms with Crippen molar-refractivity contribution in [2.45, 2.75) is 6.18 Å². The van der Waals surface area contributed by atoms with E-state index in [0.717, 1.165) is 28.8 Å². The number of carbonyl (C=O) groups excluding carboxylic acids is 2. The number of carbonyl (C=O) groups is 2. The van der Waals surface area contributed by atoms with E-state index in [0.29, 0.717) is 5.69 Å². The number of benzene rings is 2. The molecule has 1 aliphatic heterocycles. The molecule has 8 heteroatoms. The lowest BCUT2D eigenvalue weighted by Crippen LogP contribution is -2.27. The van der Waals surface area contributed by atoms with Gasteiger partial charge in [-0.2, -0.15) is 13.2 Å². The number of hydrogen-bond acceptors (Lipinski definition) is 4. The summed E-state index contributed by atoms with van der Waals surface area (Å²) in [4.78, 5) is 26.1. The van der Waals surface area contributed by atoms with Crippen molar-refractivity contribution in [3.8, 4) is 11.3 Å². The number of thioether (sulfide) groups is 1. The van der Waals surface area contributed by atoms with Gasteiger partial charge in [0.25, 0.3) is 11.1 Å². The summed E-state index contributed by atoms with van der Waals surface area (Å²) in [6, 6.07) is 16.3. The second-order valence-electron chi connectivity index (χ2n) is 6.13. The van der Waals surface area contributed by atoms with Crippen molar-refractivity contribution in [2.24, 2.45) is 0 Å². The van der Waals surface area contributed by atoms with Gasteiger partial charge in [-0.05, 0) is 48.2 Å². The molecule has 3 aromatic rings. The maximum atomic E-state index is 12.9. The third-order valence-electron chi connectivity index (χ3n) is 4.18. The van der Waals surface area contributed by atoms with E-state index >= 15 is 0 Å². The Morgan fingerprint density at radius 1 is 0.931 bits per heavy atom. The highest BCUT2D eigenvalue weighted by Crippen LogP contribution is 2.37. The first-order valence-corrected chi connectivity index (χ1v) is 9.25. The third-order valence-corrected chi connectivity index (χ3v) is 5.05. The quantitative estimate of drug-likeness (QED) is 0.478. The predicted octanol–water partition coefficient (Wildman–Crippen LogP) is 6.21. The minimum Gasteiger partial charge on any atom is -0.457 e. The normalized spacial score (nSPS) is 16.1. The molecule has 1 fully saturated rings. The molecule has 0 bridgehead atoms. The van der Waals surface area contributed by atoms with Crippen LogP contribution in [0.2, 0.25) is 0 Å². The van der Waals surface area contributed by atoms with E-state index in [9.17, 15) is 22.8 Å². The summed E-state index contributed by atoms with van der Waals surface area (Å²) in [5.74, 6) is 0.00355. The van der Waals surface area contributed by atoms with Crippen molar-refractivity contribution >= 4 is 34.7 Å². The van der Waals surface area contributed by atoms with Crippen LogP contribution in [0.3, 0.4) is 0 Å². The Bertz CT molecular complexity index is 1120. The number of para-hydroxylation sites is 1. The monoisotopic (exact) mass is 415 g/mol. The second-order valence-corrected chi connectivity index (χ2v) is 7.13. The summed E-state index contributed by atoms with van der Waals surface area (Å²) in [6.07, 6.45) is -3.05. The summed E-state index contributed by atoms with van der Waals surface area (Å²) >= 11 is 0.772. The van der Waals surface area contributed by atoms with E-state index < -0.39 is 22.9 Å². The number of amides is 2. The van der Waals surface area contributed by atoms with Crippen LogP contribution in [0.1, 0.15) is 11.3 Å². The molecule has 4 rings (SSSR count). The average molecular weight is 415 g/mol. The molecule has 0 spiro atoms. The summed E-state index contributed by atoms with van der Waals surface area (Å²) in [6.45, 7) is 0. The zero-order valence-corrected chi connectivity index (χ0v) is 15.5. The summed E-state index contributed by atoms with van der Waals surface area (Å²) in [5.41, 5.74) is -0.0590. The molecular formula is C21H12F3NO3S. The molecule has 2 amide bonds. The van der Waals surface area contributed by atoms with Gasteiger partial charge in [-0.25, -0.2) is 4.90 Å². The van der Waals surface area contributed by atoms with E-state index in [4.69, 9.17) is 4.42 Å². The lowest BCUT2D eigenvalue weighted by Gasteiger charge is -2.11. The fourth-order valence-electron chi connectivity index (χ4n) is 2.83. The topological polar surface area (TPSA) is 50.5 Å². The minimum atomic E-state index is -4.46. The Labute approximate surface area is 167 Å². The first kappa shape index (κ1) is 19.1. The van der Waals surface area contributed by atoms with Gasteiger partial charge in [-0.1, -0.05) is 30.3 Å². The van der Waals surface area contributed by atoms with Crippen LogP contribution in [0.15, 0.2) is 76.1 Å². The average Bonchev–Trinajstić information content (AvgIpc) is 3.27. The molecule has 1 saturated heterocycles. The minimum absolute atomic E-state index is 0.170. The van der Waals surface area contributed by atoms with Crippen LogP contribution < -0.4 is 4.90 Å². The number of hydrogen-bond donors (Lipinski definition) is 0. The molecule has 0 atom stereocenters. The Hall–Kier alpha value is -3.26. The van der Waals surface area contributed by atoms with Gasteiger partial charge in [0.15, 0.2) is 0 Å².